The molecule has 1 aromatic carbocycles. The molecule has 1 fully saturated rings. The first-order valence-corrected chi connectivity index (χ1v) is 8.48. The van der Waals surface area contributed by atoms with E-state index in [4.69, 9.17) is 0 Å². The molecule has 0 unspecified atom stereocenters. The highest BCUT2D eigenvalue weighted by atomic mass is 15.1. The highest BCUT2D eigenvalue weighted by Gasteiger charge is 2.16. The molecule has 21 heavy (non-hydrogen) atoms. The summed E-state index contributed by atoms with van der Waals surface area (Å²) < 4.78 is 0. The number of benzene rings is 1. The minimum absolute atomic E-state index is 0.929. The van der Waals surface area contributed by atoms with Gasteiger partial charge >= 0.3 is 0 Å². The Morgan fingerprint density at radius 2 is 2.00 bits per heavy atom. The maximum Gasteiger partial charge on any atom is 0.0397 e. The van der Waals surface area contributed by atoms with Crippen LogP contribution < -0.4 is 10.2 Å². The molecule has 0 saturated carbocycles. The SMILES string of the molecule is CC1CCN(CCNCc2ccc3c(c2)CCN3C)CC1. The van der Waals surface area contributed by atoms with Gasteiger partial charge in [-0.3, -0.25) is 0 Å². The normalized spacial score (nSPS) is 20.0. The number of nitrogens with zero attached hydrogens (tertiary/aromatic N) is 2. The van der Waals surface area contributed by atoms with Crippen molar-refractivity contribution in [1.82, 2.24) is 10.2 Å². The molecule has 0 aromatic heterocycles. The molecular formula is C18H29N3. The fraction of sp³-hybridized carbons (Fsp3) is 0.667. The molecule has 3 heteroatoms. The summed E-state index contributed by atoms with van der Waals surface area (Å²) in [4.78, 5) is 4.95. The predicted octanol–water partition coefficient (Wildman–Crippen LogP) is 2.50. The number of likely N-dealkylation sites (tertiary alicyclic amines) is 1. The first-order chi connectivity index (χ1) is 10.2. The fourth-order valence-electron chi connectivity index (χ4n) is 3.49. The molecule has 0 bridgehead atoms. The van der Waals surface area contributed by atoms with E-state index in [-0.39, 0.29) is 0 Å². The first kappa shape index (κ1) is 14.9. The van der Waals surface area contributed by atoms with Gasteiger partial charge in [0.05, 0.1) is 0 Å². The van der Waals surface area contributed by atoms with Gasteiger partial charge in [-0.25, -0.2) is 0 Å². The van der Waals surface area contributed by atoms with E-state index in [9.17, 15) is 0 Å². The minimum atomic E-state index is 0.929. The van der Waals surface area contributed by atoms with Gasteiger partial charge in [-0.2, -0.15) is 0 Å². The van der Waals surface area contributed by atoms with Crippen LogP contribution in [0.5, 0.6) is 0 Å². The van der Waals surface area contributed by atoms with Gasteiger partial charge in [-0.15, -0.1) is 0 Å². The zero-order valence-corrected chi connectivity index (χ0v) is 13.6. The second-order valence-corrected chi connectivity index (χ2v) is 6.84. The Hall–Kier alpha value is -1.06. The zero-order chi connectivity index (χ0) is 14.7. The molecule has 0 radical (unpaired) electrons. The van der Waals surface area contributed by atoms with Crippen LogP contribution >= 0.6 is 0 Å². The van der Waals surface area contributed by atoms with Crippen molar-refractivity contribution in [3.05, 3.63) is 29.3 Å². The van der Waals surface area contributed by atoms with Gasteiger partial charge in [0.1, 0.15) is 0 Å². The van der Waals surface area contributed by atoms with Gasteiger partial charge in [0, 0.05) is 38.9 Å². The topological polar surface area (TPSA) is 18.5 Å². The molecule has 0 aliphatic carbocycles. The molecular weight excluding hydrogens is 258 g/mol. The molecule has 0 spiro atoms. The third-order valence-electron chi connectivity index (χ3n) is 5.08. The Balaban J connectivity index is 1.40. The molecule has 1 saturated heterocycles. The van der Waals surface area contributed by atoms with Gasteiger partial charge in [0.25, 0.3) is 0 Å². The number of piperidine rings is 1. The second-order valence-electron chi connectivity index (χ2n) is 6.84. The summed E-state index contributed by atoms with van der Waals surface area (Å²) in [7, 11) is 2.18. The number of fused-ring (bicyclic) bond motifs is 1. The lowest BCUT2D eigenvalue weighted by molar-refractivity contribution is 0.193. The average molecular weight is 287 g/mol. The molecule has 1 N–H and O–H groups in total. The molecule has 0 amide bonds. The molecule has 2 aliphatic heterocycles. The molecule has 116 valence electrons. The van der Waals surface area contributed by atoms with Crippen LogP contribution in [0.15, 0.2) is 18.2 Å². The van der Waals surface area contributed by atoms with Crippen molar-refractivity contribution in [2.45, 2.75) is 32.7 Å². The highest BCUT2D eigenvalue weighted by molar-refractivity contribution is 5.58. The summed E-state index contributed by atoms with van der Waals surface area (Å²) in [5.74, 6) is 0.929. The van der Waals surface area contributed by atoms with Crippen LogP contribution in [-0.4, -0.2) is 44.7 Å². The monoisotopic (exact) mass is 287 g/mol. The summed E-state index contributed by atoms with van der Waals surface area (Å²) >= 11 is 0. The van der Waals surface area contributed by atoms with Crippen molar-refractivity contribution in [2.24, 2.45) is 5.92 Å². The van der Waals surface area contributed by atoms with E-state index in [0.29, 0.717) is 0 Å². The van der Waals surface area contributed by atoms with Crippen molar-refractivity contribution in [1.29, 1.82) is 0 Å². The van der Waals surface area contributed by atoms with Crippen LogP contribution in [0.4, 0.5) is 5.69 Å². The molecule has 2 aliphatic rings. The summed E-state index contributed by atoms with van der Waals surface area (Å²) in [6, 6.07) is 6.94. The number of rotatable bonds is 5. The Kier molecular flexibility index (Phi) is 4.81. The van der Waals surface area contributed by atoms with E-state index in [1.54, 1.807) is 0 Å². The molecule has 3 nitrogen and oxygen atoms in total. The Labute approximate surface area is 129 Å². The van der Waals surface area contributed by atoms with Gasteiger partial charge in [0.15, 0.2) is 0 Å². The Morgan fingerprint density at radius 3 is 2.81 bits per heavy atom. The van der Waals surface area contributed by atoms with Gasteiger partial charge in [0.2, 0.25) is 0 Å². The number of hydrogen-bond donors (Lipinski definition) is 1. The lowest BCUT2D eigenvalue weighted by Gasteiger charge is -2.30. The molecule has 1 aromatic rings. The predicted molar refractivity (Wildman–Crippen MR) is 90.0 cm³/mol. The van der Waals surface area contributed by atoms with Crippen LogP contribution in [0, 0.1) is 5.92 Å². The third kappa shape index (κ3) is 3.78. The lowest BCUT2D eigenvalue weighted by atomic mass is 9.99. The minimum Gasteiger partial charge on any atom is -0.374 e. The molecule has 2 heterocycles. The largest absolute Gasteiger partial charge is 0.374 e. The number of nitrogens with one attached hydrogen (secondary N) is 1. The van der Waals surface area contributed by atoms with E-state index in [1.807, 2.05) is 0 Å². The van der Waals surface area contributed by atoms with Crippen molar-refractivity contribution >= 4 is 5.69 Å². The van der Waals surface area contributed by atoms with Crippen molar-refractivity contribution in [3.63, 3.8) is 0 Å². The van der Waals surface area contributed by atoms with Crippen LogP contribution in [-0.2, 0) is 13.0 Å². The van der Waals surface area contributed by atoms with Crippen LogP contribution in [0.3, 0.4) is 0 Å². The van der Waals surface area contributed by atoms with Crippen molar-refractivity contribution in [3.8, 4) is 0 Å². The van der Waals surface area contributed by atoms with E-state index in [1.165, 1.54) is 62.3 Å². The lowest BCUT2D eigenvalue weighted by Crippen LogP contribution is -2.37. The van der Waals surface area contributed by atoms with Crippen molar-refractivity contribution < 1.29 is 0 Å². The highest BCUT2D eigenvalue weighted by Crippen LogP contribution is 2.27. The molecule has 0 atom stereocenters. The van der Waals surface area contributed by atoms with E-state index < -0.39 is 0 Å². The third-order valence-corrected chi connectivity index (χ3v) is 5.08. The quantitative estimate of drug-likeness (QED) is 0.840. The maximum absolute atomic E-state index is 3.61. The van der Waals surface area contributed by atoms with Crippen LogP contribution in [0.25, 0.3) is 0 Å². The van der Waals surface area contributed by atoms with Crippen LogP contribution in [0.2, 0.25) is 0 Å². The molecule has 3 rings (SSSR count). The smallest absolute Gasteiger partial charge is 0.0397 e. The van der Waals surface area contributed by atoms with Crippen LogP contribution in [0.1, 0.15) is 30.9 Å². The standard InChI is InChI=1S/C18H29N3/c1-15-5-10-21(11-6-15)12-8-19-14-16-3-4-18-17(13-16)7-9-20(18)2/h3-4,13,15,19H,5-12,14H2,1-2H3. The summed E-state index contributed by atoms with van der Waals surface area (Å²) in [6.07, 6.45) is 3.95. The summed E-state index contributed by atoms with van der Waals surface area (Å²) in [5.41, 5.74) is 4.36. The van der Waals surface area contributed by atoms with Gasteiger partial charge < -0.3 is 15.1 Å². The Morgan fingerprint density at radius 1 is 1.19 bits per heavy atom. The van der Waals surface area contributed by atoms with E-state index in [2.05, 4.69) is 47.3 Å². The van der Waals surface area contributed by atoms with Gasteiger partial charge in [-0.1, -0.05) is 19.1 Å². The fourth-order valence-corrected chi connectivity index (χ4v) is 3.49. The Bertz CT molecular complexity index is 464. The number of hydrogen-bond acceptors (Lipinski definition) is 3. The average Bonchev–Trinajstić information content (AvgIpc) is 2.86. The van der Waals surface area contributed by atoms with Crippen molar-refractivity contribution in [2.75, 3.05) is 44.7 Å². The van der Waals surface area contributed by atoms with E-state index in [0.717, 1.165) is 19.0 Å². The van der Waals surface area contributed by atoms with Gasteiger partial charge in [-0.05, 0) is 55.5 Å². The summed E-state index contributed by atoms with van der Waals surface area (Å²) in [6.45, 7) is 9.41. The number of likely N-dealkylation sites (N-methyl/N-ethyl adjacent to an activating group) is 1. The maximum atomic E-state index is 3.61. The van der Waals surface area contributed by atoms with E-state index >= 15 is 0 Å². The second kappa shape index (κ2) is 6.80. The first-order valence-electron chi connectivity index (χ1n) is 8.48. The zero-order valence-electron chi connectivity index (χ0n) is 13.6. The summed E-state index contributed by atoms with van der Waals surface area (Å²) in [5, 5.41) is 3.61. The number of anilines is 1.